The number of benzene rings is 1. The molecule has 138 valence electrons. The number of amides is 2. The van der Waals surface area contributed by atoms with Crippen LogP contribution in [0.15, 0.2) is 24.3 Å². The molecule has 2 bridgehead atoms. The highest BCUT2D eigenvalue weighted by Gasteiger charge is 2.56. The van der Waals surface area contributed by atoms with Crippen LogP contribution in [0.2, 0.25) is 18.1 Å². The van der Waals surface area contributed by atoms with Crippen molar-refractivity contribution < 1.29 is 14.0 Å². The zero-order chi connectivity index (χ0) is 18.6. The molecule has 6 heteroatoms. The van der Waals surface area contributed by atoms with Crippen molar-refractivity contribution in [3.8, 4) is 5.75 Å². The monoisotopic (exact) mass is 362 g/mol. The molecular weight excluding hydrogens is 332 g/mol. The lowest BCUT2D eigenvalue weighted by atomic mass is 9.80. The highest BCUT2D eigenvalue weighted by Crippen LogP contribution is 2.48. The first-order valence-corrected chi connectivity index (χ1v) is 11.8. The Labute approximate surface area is 151 Å². The van der Waals surface area contributed by atoms with E-state index in [1.807, 2.05) is 31.2 Å². The standard InChI is InChI=1S/C19H30N2O3Si/c1-18(2,3)25(6,7)23-12-14-16-13-10-8-9-11-15(13)24-19(14,4)21(5)17(22)20-16/h8-11,14,16H,12H2,1-7H3,(H,20,22)/t14-,16-,19+/m1/s1. The third-order valence-electron chi connectivity index (χ3n) is 6.34. The second-order valence-electron chi connectivity index (χ2n) is 8.86. The molecule has 25 heavy (non-hydrogen) atoms. The van der Waals surface area contributed by atoms with Crippen LogP contribution in [0.3, 0.4) is 0 Å². The van der Waals surface area contributed by atoms with Crippen molar-refractivity contribution in [1.29, 1.82) is 0 Å². The molecule has 0 saturated carbocycles. The summed E-state index contributed by atoms with van der Waals surface area (Å²) in [5.41, 5.74) is 0.314. The number of urea groups is 1. The van der Waals surface area contributed by atoms with E-state index in [0.29, 0.717) is 6.61 Å². The predicted octanol–water partition coefficient (Wildman–Crippen LogP) is 4.13. The molecule has 5 nitrogen and oxygen atoms in total. The topological polar surface area (TPSA) is 50.8 Å². The molecule has 0 unspecified atom stereocenters. The lowest BCUT2D eigenvalue weighted by molar-refractivity contribution is -0.130. The summed E-state index contributed by atoms with van der Waals surface area (Å²) in [5.74, 6) is 0.865. The largest absolute Gasteiger partial charge is 0.467 e. The molecule has 1 fully saturated rings. The Balaban J connectivity index is 1.95. The highest BCUT2D eigenvalue weighted by molar-refractivity contribution is 6.74. The maximum atomic E-state index is 12.4. The van der Waals surface area contributed by atoms with E-state index in [2.05, 4.69) is 39.2 Å². The molecule has 1 aromatic rings. The summed E-state index contributed by atoms with van der Waals surface area (Å²) in [5, 5.41) is 3.29. The van der Waals surface area contributed by atoms with Gasteiger partial charge in [-0.1, -0.05) is 39.0 Å². The maximum absolute atomic E-state index is 12.4. The molecule has 1 aromatic carbocycles. The number of nitrogens with one attached hydrogen (secondary N) is 1. The first-order valence-electron chi connectivity index (χ1n) is 8.93. The fourth-order valence-corrected chi connectivity index (χ4v) is 4.38. The van der Waals surface area contributed by atoms with Crippen molar-refractivity contribution in [3.05, 3.63) is 29.8 Å². The van der Waals surface area contributed by atoms with Gasteiger partial charge in [-0.2, -0.15) is 0 Å². The molecule has 0 aromatic heterocycles. The van der Waals surface area contributed by atoms with Gasteiger partial charge in [0.1, 0.15) is 5.75 Å². The summed E-state index contributed by atoms with van der Waals surface area (Å²) in [4.78, 5) is 14.1. The molecule has 2 aliphatic rings. The van der Waals surface area contributed by atoms with E-state index in [4.69, 9.17) is 9.16 Å². The second-order valence-corrected chi connectivity index (χ2v) is 13.7. The van der Waals surface area contributed by atoms with Crippen LogP contribution in [0, 0.1) is 5.92 Å². The third kappa shape index (κ3) is 2.85. The van der Waals surface area contributed by atoms with E-state index in [-0.39, 0.29) is 23.0 Å². The number of hydrogen-bond acceptors (Lipinski definition) is 3. The van der Waals surface area contributed by atoms with Crippen molar-refractivity contribution in [2.75, 3.05) is 13.7 Å². The second kappa shape index (κ2) is 5.74. The summed E-state index contributed by atoms with van der Waals surface area (Å²) in [6.07, 6.45) is 0. The summed E-state index contributed by atoms with van der Waals surface area (Å²) in [6, 6.07) is 7.75. The summed E-state index contributed by atoms with van der Waals surface area (Å²) < 4.78 is 12.9. The summed E-state index contributed by atoms with van der Waals surface area (Å²) in [7, 11) is -0.0966. The van der Waals surface area contributed by atoms with Gasteiger partial charge < -0.3 is 14.5 Å². The number of para-hydroxylation sites is 1. The summed E-state index contributed by atoms with van der Waals surface area (Å²) >= 11 is 0. The number of ether oxygens (including phenoxy) is 1. The minimum Gasteiger partial charge on any atom is -0.467 e. The first-order chi connectivity index (χ1) is 11.5. The zero-order valence-electron chi connectivity index (χ0n) is 16.3. The lowest BCUT2D eigenvalue weighted by Gasteiger charge is -2.55. The molecule has 1 N–H and O–H groups in total. The van der Waals surface area contributed by atoms with Gasteiger partial charge in [-0.25, -0.2) is 4.79 Å². The average molecular weight is 363 g/mol. The Morgan fingerprint density at radius 2 is 1.96 bits per heavy atom. The third-order valence-corrected chi connectivity index (χ3v) is 10.8. The number of hydrogen-bond donors (Lipinski definition) is 1. The zero-order valence-corrected chi connectivity index (χ0v) is 17.3. The van der Waals surface area contributed by atoms with Gasteiger partial charge in [-0.3, -0.25) is 4.90 Å². The molecule has 0 aliphatic carbocycles. The van der Waals surface area contributed by atoms with E-state index in [1.165, 1.54) is 0 Å². The molecule has 2 aliphatic heterocycles. The number of nitrogens with zero attached hydrogens (tertiary/aromatic N) is 1. The quantitative estimate of drug-likeness (QED) is 0.823. The fourth-order valence-electron chi connectivity index (χ4n) is 3.35. The molecule has 1 saturated heterocycles. The maximum Gasteiger partial charge on any atom is 0.320 e. The summed E-state index contributed by atoms with van der Waals surface area (Å²) in [6.45, 7) is 13.8. The highest BCUT2D eigenvalue weighted by atomic mass is 28.4. The van der Waals surface area contributed by atoms with Crippen LogP contribution in [0.1, 0.15) is 39.3 Å². The van der Waals surface area contributed by atoms with Gasteiger partial charge in [0.25, 0.3) is 0 Å². The van der Waals surface area contributed by atoms with E-state index in [1.54, 1.807) is 11.9 Å². The van der Waals surface area contributed by atoms with Gasteiger partial charge >= 0.3 is 6.03 Å². The molecule has 0 radical (unpaired) electrons. The Hall–Kier alpha value is -1.53. The van der Waals surface area contributed by atoms with Gasteiger partial charge in [0.2, 0.25) is 0 Å². The van der Waals surface area contributed by atoms with Crippen molar-refractivity contribution in [1.82, 2.24) is 10.2 Å². The SMILES string of the molecule is CN1C(=O)N[C@@H]2c3ccccc3O[C@@]1(C)[C@@H]2CO[Si](C)(C)C(C)(C)C. The first kappa shape index (κ1) is 18.3. The van der Waals surface area contributed by atoms with Crippen molar-refractivity contribution in [2.24, 2.45) is 5.92 Å². The lowest BCUT2D eigenvalue weighted by Crippen LogP contribution is -2.69. The van der Waals surface area contributed by atoms with Crippen molar-refractivity contribution >= 4 is 14.3 Å². The van der Waals surface area contributed by atoms with Gasteiger partial charge in [-0.15, -0.1) is 0 Å². The van der Waals surface area contributed by atoms with Crippen molar-refractivity contribution in [2.45, 2.75) is 57.6 Å². The number of fused-ring (bicyclic) bond motifs is 4. The van der Waals surface area contributed by atoms with E-state index >= 15 is 0 Å². The molecule has 0 spiro atoms. The molecule has 2 amide bonds. The smallest absolute Gasteiger partial charge is 0.320 e. The molecule has 3 atom stereocenters. The van der Waals surface area contributed by atoms with Gasteiger partial charge in [0.15, 0.2) is 14.0 Å². The van der Waals surface area contributed by atoms with E-state index < -0.39 is 14.0 Å². The van der Waals surface area contributed by atoms with Gasteiger partial charge in [-0.05, 0) is 31.1 Å². The predicted molar refractivity (Wildman–Crippen MR) is 101 cm³/mol. The molecular formula is C19H30N2O3Si. The van der Waals surface area contributed by atoms with Gasteiger partial charge in [0.05, 0.1) is 12.0 Å². The minimum atomic E-state index is -1.89. The van der Waals surface area contributed by atoms with Crippen LogP contribution in [-0.4, -0.2) is 38.6 Å². The van der Waals surface area contributed by atoms with Crippen LogP contribution in [0.4, 0.5) is 4.79 Å². The Kier molecular flexibility index (Phi) is 4.19. The van der Waals surface area contributed by atoms with Crippen molar-refractivity contribution in [3.63, 3.8) is 0 Å². The normalized spacial score (nSPS) is 28.9. The Morgan fingerprint density at radius 3 is 2.60 bits per heavy atom. The number of carbonyl (C=O) groups is 1. The van der Waals surface area contributed by atoms with Crippen LogP contribution >= 0.6 is 0 Å². The Bertz CT molecular complexity index is 685. The Morgan fingerprint density at radius 1 is 1.32 bits per heavy atom. The van der Waals surface area contributed by atoms with E-state index in [9.17, 15) is 4.79 Å². The molecule has 3 rings (SSSR count). The van der Waals surface area contributed by atoms with Crippen LogP contribution < -0.4 is 10.1 Å². The van der Waals surface area contributed by atoms with E-state index in [0.717, 1.165) is 11.3 Å². The number of rotatable bonds is 3. The van der Waals surface area contributed by atoms with Gasteiger partial charge in [0, 0.05) is 19.2 Å². The fraction of sp³-hybridized carbons (Fsp3) is 0.632. The van der Waals surface area contributed by atoms with Crippen LogP contribution in [0.5, 0.6) is 5.75 Å². The molecule has 2 heterocycles. The van der Waals surface area contributed by atoms with Crippen LogP contribution in [0.25, 0.3) is 0 Å². The minimum absolute atomic E-state index is 0.0271. The number of carbonyl (C=O) groups excluding carboxylic acids is 1. The van der Waals surface area contributed by atoms with Crippen LogP contribution in [-0.2, 0) is 4.43 Å². The average Bonchev–Trinajstić information content (AvgIpc) is 2.51.